The second-order valence-electron chi connectivity index (χ2n) is 3.94. The molecule has 0 aliphatic rings. The highest BCUT2D eigenvalue weighted by atomic mass is 79.9. The van der Waals surface area contributed by atoms with Gasteiger partial charge in [-0.2, -0.15) is 0 Å². The lowest BCUT2D eigenvalue weighted by Crippen LogP contribution is -2.13. The fraction of sp³-hybridized carbons (Fsp3) is 0.143. The Morgan fingerprint density at radius 3 is 2.59 bits per heavy atom. The zero-order valence-corrected chi connectivity index (χ0v) is 11.1. The third-order valence-electron chi connectivity index (χ3n) is 2.55. The molecule has 0 heterocycles. The van der Waals surface area contributed by atoms with Crippen molar-refractivity contribution in [2.75, 3.05) is 5.73 Å². The molecule has 2 aromatic carbocycles. The Morgan fingerprint density at radius 2 is 1.82 bits per heavy atom. The van der Waals surface area contributed by atoms with Crippen LogP contribution in [0.5, 0.6) is 0 Å². The van der Waals surface area contributed by atoms with Gasteiger partial charge < -0.3 is 11.1 Å². The lowest BCUT2D eigenvalue weighted by molar-refractivity contribution is 0.692. The molecular formula is C14H15BrN2. The number of benzene rings is 2. The summed E-state index contributed by atoms with van der Waals surface area (Å²) in [6.07, 6.45) is 0. The molecule has 17 heavy (non-hydrogen) atoms. The lowest BCUT2D eigenvalue weighted by atomic mass is 10.2. The van der Waals surface area contributed by atoms with E-state index in [1.54, 1.807) is 0 Å². The minimum atomic E-state index is 0.810. The van der Waals surface area contributed by atoms with E-state index in [9.17, 15) is 0 Å². The van der Waals surface area contributed by atoms with Crippen LogP contribution >= 0.6 is 15.9 Å². The van der Waals surface area contributed by atoms with Crippen molar-refractivity contribution in [3.05, 3.63) is 64.1 Å². The SMILES string of the molecule is Nc1cccc(CNCc2ccccc2Br)c1. The van der Waals surface area contributed by atoms with Gasteiger partial charge >= 0.3 is 0 Å². The summed E-state index contributed by atoms with van der Waals surface area (Å²) in [5, 5.41) is 3.40. The predicted molar refractivity (Wildman–Crippen MR) is 75.5 cm³/mol. The Balaban J connectivity index is 1.90. The summed E-state index contributed by atoms with van der Waals surface area (Å²) in [4.78, 5) is 0. The molecule has 0 bridgehead atoms. The maximum Gasteiger partial charge on any atom is 0.0317 e. The van der Waals surface area contributed by atoms with Gasteiger partial charge in [-0.1, -0.05) is 46.3 Å². The third kappa shape index (κ3) is 3.58. The molecule has 0 unspecified atom stereocenters. The third-order valence-corrected chi connectivity index (χ3v) is 3.33. The van der Waals surface area contributed by atoms with E-state index in [2.05, 4.69) is 39.4 Å². The highest BCUT2D eigenvalue weighted by Gasteiger charge is 1.98. The average molecular weight is 291 g/mol. The summed E-state index contributed by atoms with van der Waals surface area (Å²) < 4.78 is 1.14. The molecule has 88 valence electrons. The molecule has 2 nitrogen and oxygen atoms in total. The molecule has 0 atom stereocenters. The number of rotatable bonds is 4. The van der Waals surface area contributed by atoms with E-state index in [1.807, 2.05) is 30.3 Å². The van der Waals surface area contributed by atoms with Crippen LogP contribution in [0.1, 0.15) is 11.1 Å². The molecule has 2 aromatic rings. The van der Waals surface area contributed by atoms with E-state index in [0.29, 0.717) is 0 Å². The van der Waals surface area contributed by atoms with E-state index in [0.717, 1.165) is 23.2 Å². The van der Waals surface area contributed by atoms with Gasteiger partial charge in [0.1, 0.15) is 0 Å². The topological polar surface area (TPSA) is 38.0 Å². The predicted octanol–water partition coefficient (Wildman–Crippen LogP) is 3.32. The van der Waals surface area contributed by atoms with Gasteiger partial charge in [0.05, 0.1) is 0 Å². The Labute approximate surface area is 110 Å². The van der Waals surface area contributed by atoms with E-state index in [1.165, 1.54) is 11.1 Å². The van der Waals surface area contributed by atoms with Crippen LogP contribution in [0, 0.1) is 0 Å². The number of nitrogens with one attached hydrogen (secondary N) is 1. The minimum Gasteiger partial charge on any atom is -0.399 e. The van der Waals surface area contributed by atoms with Crippen LogP contribution in [0.15, 0.2) is 53.0 Å². The van der Waals surface area contributed by atoms with Crippen molar-refractivity contribution >= 4 is 21.6 Å². The van der Waals surface area contributed by atoms with E-state index >= 15 is 0 Å². The molecular weight excluding hydrogens is 276 g/mol. The fourth-order valence-electron chi connectivity index (χ4n) is 1.69. The van der Waals surface area contributed by atoms with Crippen LogP contribution in [-0.2, 0) is 13.1 Å². The van der Waals surface area contributed by atoms with Crippen molar-refractivity contribution in [1.82, 2.24) is 5.32 Å². The Hall–Kier alpha value is -1.32. The molecule has 0 radical (unpaired) electrons. The van der Waals surface area contributed by atoms with E-state index in [4.69, 9.17) is 5.73 Å². The summed E-state index contributed by atoms with van der Waals surface area (Å²) in [5.74, 6) is 0. The van der Waals surface area contributed by atoms with Crippen LogP contribution in [0.25, 0.3) is 0 Å². The normalized spacial score (nSPS) is 10.4. The van der Waals surface area contributed by atoms with Crippen molar-refractivity contribution in [3.8, 4) is 0 Å². The fourth-order valence-corrected chi connectivity index (χ4v) is 2.11. The minimum absolute atomic E-state index is 0.810. The lowest BCUT2D eigenvalue weighted by Gasteiger charge is -2.07. The molecule has 3 heteroatoms. The van der Waals surface area contributed by atoms with Crippen LogP contribution in [-0.4, -0.2) is 0 Å². The van der Waals surface area contributed by atoms with Crippen molar-refractivity contribution < 1.29 is 0 Å². The number of hydrogen-bond donors (Lipinski definition) is 2. The molecule has 0 amide bonds. The first-order valence-corrected chi connectivity index (χ1v) is 6.33. The Morgan fingerprint density at radius 1 is 1.00 bits per heavy atom. The first kappa shape index (κ1) is 12.1. The molecule has 0 saturated heterocycles. The van der Waals surface area contributed by atoms with Crippen LogP contribution < -0.4 is 11.1 Å². The molecule has 0 aliphatic carbocycles. The van der Waals surface area contributed by atoms with Gasteiger partial charge in [-0.05, 0) is 29.3 Å². The van der Waals surface area contributed by atoms with Crippen molar-refractivity contribution in [1.29, 1.82) is 0 Å². The largest absolute Gasteiger partial charge is 0.399 e. The molecule has 3 N–H and O–H groups in total. The van der Waals surface area contributed by atoms with Crippen molar-refractivity contribution in [2.45, 2.75) is 13.1 Å². The van der Waals surface area contributed by atoms with Crippen LogP contribution in [0.2, 0.25) is 0 Å². The summed E-state index contributed by atoms with van der Waals surface area (Å²) in [7, 11) is 0. The van der Waals surface area contributed by atoms with Gasteiger partial charge in [-0.3, -0.25) is 0 Å². The monoisotopic (exact) mass is 290 g/mol. The zero-order chi connectivity index (χ0) is 12.1. The number of halogens is 1. The molecule has 0 saturated carbocycles. The van der Waals surface area contributed by atoms with Gasteiger partial charge in [-0.15, -0.1) is 0 Å². The molecule has 0 fully saturated rings. The quantitative estimate of drug-likeness (QED) is 0.848. The summed E-state index contributed by atoms with van der Waals surface area (Å²) in [6.45, 7) is 1.67. The van der Waals surface area contributed by atoms with E-state index < -0.39 is 0 Å². The first-order valence-electron chi connectivity index (χ1n) is 5.54. The highest BCUT2D eigenvalue weighted by Crippen LogP contribution is 2.15. The zero-order valence-electron chi connectivity index (χ0n) is 9.49. The van der Waals surface area contributed by atoms with Gasteiger partial charge in [0.25, 0.3) is 0 Å². The van der Waals surface area contributed by atoms with Gasteiger partial charge in [0.2, 0.25) is 0 Å². The van der Waals surface area contributed by atoms with Gasteiger partial charge in [0, 0.05) is 23.2 Å². The summed E-state index contributed by atoms with van der Waals surface area (Å²) in [6, 6.07) is 16.2. The maximum absolute atomic E-state index is 5.73. The summed E-state index contributed by atoms with van der Waals surface area (Å²) in [5.41, 5.74) is 9.01. The standard InChI is InChI=1S/C14H15BrN2/c15-14-7-2-1-5-12(14)10-17-9-11-4-3-6-13(16)8-11/h1-8,17H,9-10,16H2. The Kier molecular flexibility index (Phi) is 4.18. The van der Waals surface area contributed by atoms with Crippen LogP contribution in [0.4, 0.5) is 5.69 Å². The average Bonchev–Trinajstić information content (AvgIpc) is 2.32. The van der Waals surface area contributed by atoms with Gasteiger partial charge in [-0.25, -0.2) is 0 Å². The molecule has 2 rings (SSSR count). The second-order valence-corrected chi connectivity index (χ2v) is 4.79. The number of anilines is 1. The number of nitrogens with two attached hydrogens (primary N) is 1. The first-order chi connectivity index (χ1) is 8.25. The maximum atomic E-state index is 5.73. The molecule has 0 aromatic heterocycles. The Bertz CT molecular complexity index is 497. The van der Waals surface area contributed by atoms with Crippen LogP contribution in [0.3, 0.4) is 0 Å². The molecule has 0 spiro atoms. The number of nitrogen functional groups attached to an aromatic ring is 1. The molecule has 0 aliphatic heterocycles. The van der Waals surface area contributed by atoms with E-state index in [-0.39, 0.29) is 0 Å². The summed E-state index contributed by atoms with van der Waals surface area (Å²) >= 11 is 3.53. The number of hydrogen-bond acceptors (Lipinski definition) is 2. The second kappa shape index (κ2) is 5.84. The smallest absolute Gasteiger partial charge is 0.0317 e. The van der Waals surface area contributed by atoms with Crippen molar-refractivity contribution in [3.63, 3.8) is 0 Å². The highest BCUT2D eigenvalue weighted by molar-refractivity contribution is 9.10. The van der Waals surface area contributed by atoms with Crippen molar-refractivity contribution in [2.24, 2.45) is 0 Å². The van der Waals surface area contributed by atoms with Gasteiger partial charge in [0.15, 0.2) is 0 Å².